The largest absolute Gasteiger partial charge is 0.504 e. The Morgan fingerprint density at radius 3 is 2.87 bits per heavy atom. The molecule has 0 aromatic carbocycles. The first-order valence-corrected chi connectivity index (χ1v) is 5.95. The van der Waals surface area contributed by atoms with Gasteiger partial charge >= 0.3 is 0 Å². The van der Waals surface area contributed by atoms with E-state index in [2.05, 4.69) is 14.4 Å². The molecule has 15 heavy (non-hydrogen) atoms. The van der Waals surface area contributed by atoms with Gasteiger partial charge in [-0.15, -0.1) is 0 Å². The quantitative estimate of drug-likeness (QED) is 0.686. The number of hydrogen-bond donors (Lipinski definition) is 3. The second kappa shape index (κ2) is 4.94. The van der Waals surface area contributed by atoms with Gasteiger partial charge in [-0.05, 0) is 18.6 Å². The normalized spacial score (nSPS) is 11.3. The zero-order valence-corrected chi connectivity index (χ0v) is 9.08. The second-order valence-electron chi connectivity index (χ2n) is 2.87. The van der Waals surface area contributed by atoms with Crippen molar-refractivity contribution in [3.05, 3.63) is 18.3 Å². The Morgan fingerprint density at radius 1 is 1.53 bits per heavy atom. The molecule has 0 radical (unpaired) electrons. The van der Waals surface area contributed by atoms with Gasteiger partial charge in [0.15, 0.2) is 11.6 Å². The van der Waals surface area contributed by atoms with Gasteiger partial charge < -0.3 is 5.11 Å². The summed E-state index contributed by atoms with van der Waals surface area (Å²) in [6.07, 6.45) is 2.08. The number of aromatic hydroxyl groups is 1. The third kappa shape index (κ3) is 3.72. The van der Waals surface area contributed by atoms with E-state index in [0.29, 0.717) is 13.0 Å². The third-order valence-corrected chi connectivity index (χ3v) is 2.61. The van der Waals surface area contributed by atoms with Crippen LogP contribution < -0.4 is 9.44 Å². The van der Waals surface area contributed by atoms with Crippen LogP contribution in [0.1, 0.15) is 13.3 Å². The van der Waals surface area contributed by atoms with Crippen LogP contribution in [0.2, 0.25) is 0 Å². The zero-order chi connectivity index (χ0) is 11.3. The zero-order valence-electron chi connectivity index (χ0n) is 8.27. The van der Waals surface area contributed by atoms with Gasteiger partial charge in [0.1, 0.15) is 0 Å². The van der Waals surface area contributed by atoms with Crippen LogP contribution in [0.25, 0.3) is 0 Å². The van der Waals surface area contributed by atoms with Crippen LogP contribution in [-0.2, 0) is 10.2 Å². The Kier molecular flexibility index (Phi) is 3.87. The van der Waals surface area contributed by atoms with Gasteiger partial charge in [-0.25, -0.2) is 4.98 Å². The van der Waals surface area contributed by atoms with Crippen LogP contribution in [0.4, 0.5) is 5.82 Å². The lowest BCUT2D eigenvalue weighted by atomic mass is 10.4. The van der Waals surface area contributed by atoms with E-state index in [9.17, 15) is 13.5 Å². The van der Waals surface area contributed by atoms with Crippen LogP contribution in [-0.4, -0.2) is 25.1 Å². The van der Waals surface area contributed by atoms with Gasteiger partial charge in [0, 0.05) is 12.7 Å². The second-order valence-corrected chi connectivity index (χ2v) is 4.37. The molecule has 1 rings (SSSR count). The summed E-state index contributed by atoms with van der Waals surface area (Å²) < 4.78 is 27.1. The predicted molar refractivity (Wildman–Crippen MR) is 56.7 cm³/mol. The van der Waals surface area contributed by atoms with Gasteiger partial charge in [-0.1, -0.05) is 6.92 Å². The number of rotatable bonds is 5. The van der Waals surface area contributed by atoms with E-state index < -0.39 is 10.2 Å². The van der Waals surface area contributed by atoms with Crippen LogP contribution in [0.15, 0.2) is 18.3 Å². The molecule has 0 aliphatic rings. The fourth-order valence-corrected chi connectivity index (χ4v) is 1.83. The number of aromatic nitrogens is 1. The number of nitrogens with zero attached hydrogens (tertiary/aromatic N) is 1. The van der Waals surface area contributed by atoms with Crippen molar-refractivity contribution in [3.8, 4) is 5.75 Å². The van der Waals surface area contributed by atoms with E-state index in [1.54, 1.807) is 0 Å². The van der Waals surface area contributed by atoms with Gasteiger partial charge in [0.05, 0.1) is 0 Å². The summed E-state index contributed by atoms with van der Waals surface area (Å²) in [5.41, 5.74) is 0. The summed E-state index contributed by atoms with van der Waals surface area (Å²) in [7, 11) is -3.64. The SMILES string of the molecule is CCCNS(=O)(=O)Nc1ncccc1O. The molecular formula is C8H13N3O3S. The Labute approximate surface area is 88.5 Å². The fraction of sp³-hybridized carbons (Fsp3) is 0.375. The molecule has 6 nitrogen and oxygen atoms in total. The molecule has 0 saturated heterocycles. The van der Waals surface area contributed by atoms with Crippen LogP contribution >= 0.6 is 0 Å². The summed E-state index contributed by atoms with van der Waals surface area (Å²) in [5.74, 6) is -0.291. The first kappa shape index (κ1) is 11.7. The molecule has 0 spiro atoms. The lowest BCUT2D eigenvalue weighted by molar-refractivity contribution is 0.475. The lowest BCUT2D eigenvalue weighted by Gasteiger charge is -2.08. The molecular weight excluding hydrogens is 218 g/mol. The maximum absolute atomic E-state index is 11.3. The van der Waals surface area contributed by atoms with Crippen molar-refractivity contribution in [2.75, 3.05) is 11.3 Å². The number of anilines is 1. The number of nitrogens with one attached hydrogen (secondary N) is 2. The molecule has 0 aliphatic carbocycles. The highest BCUT2D eigenvalue weighted by Gasteiger charge is 2.11. The van der Waals surface area contributed by atoms with Crippen molar-refractivity contribution in [2.45, 2.75) is 13.3 Å². The van der Waals surface area contributed by atoms with Gasteiger partial charge in [-0.3, -0.25) is 4.72 Å². The number of hydrogen-bond acceptors (Lipinski definition) is 4. The Balaban J connectivity index is 2.74. The molecule has 0 atom stereocenters. The Bertz CT molecular complexity index is 419. The monoisotopic (exact) mass is 231 g/mol. The molecule has 1 aromatic rings. The average molecular weight is 231 g/mol. The van der Waals surface area contributed by atoms with E-state index in [0.717, 1.165) is 0 Å². The molecule has 0 amide bonds. The van der Waals surface area contributed by atoms with E-state index in [1.807, 2.05) is 6.92 Å². The molecule has 3 N–H and O–H groups in total. The van der Waals surface area contributed by atoms with Crippen molar-refractivity contribution in [1.29, 1.82) is 0 Å². The van der Waals surface area contributed by atoms with Crippen molar-refractivity contribution in [3.63, 3.8) is 0 Å². The van der Waals surface area contributed by atoms with E-state index in [1.165, 1.54) is 18.3 Å². The highest BCUT2D eigenvalue weighted by Crippen LogP contribution is 2.18. The molecule has 1 heterocycles. The molecule has 0 aliphatic heterocycles. The van der Waals surface area contributed by atoms with Crippen LogP contribution in [0.3, 0.4) is 0 Å². The van der Waals surface area contributed by atoms with Gasteiger partial charge in [-0.2, -0.15) is 13.1 Å². The topological polar surface area (TPSA) is 91.3 Å². The first-order chi connectivity index (χ1) is 7.05. The van der Waals surface area contributed by atoms with Gasteiger partial charge in [0.25, 0.3) is 10.2 Å². The minimum Gasteiger partial charge on any atom is -0.504 e. The van der Waals surface area contributed by atoms with E-state index in [4.69, 9.17) is 0 Å². The highest BCUT2D eigenvalue weighted by atomic mass is 32.2. The van der Waals surface area contributed by atoms with Crippen molar-refractivity contribution >= 4 is 16.0 Å². The molecule has 1 aromatic heterocycles. The predicted octanol–water partition coefficient (Wildman–Crippen LogP) is 0.443. The highest BCUT2D eigenvalue weighted by molar-refractivity contribution is 7.90. The van der Waals surface area contributed by atoms with E-state index in [-0.39, 0.29) is 11.6 Å². The first-order valence-electron chi connectivity index (χ1n) is 4.46. The van der Waals surface area contributed by atoms with Gasteiger partial charge in [0.2, 0.25) is 0 Å². The van der Waals surface area contributed by atoms with Crippen LogP contribution in [0, 0.1) is 0 Å². The molecule has 0 unspecified atom stereocenters. The molecule has 84 valence electrons. The summed E-state index contributed by atoms with van der Waals surface area (Å²) in [5, 5.41) is 9.28. The summed E-state index contributed by atoms with van der Waals surface area (Å²) in [6, 6.07) is 2.86. The van der Waals surface area contributed by atoms with Crippen molar-refractivity contribution < 1.29 is 13.5 Å². The lowest BCUT2D eigenvalue weighted by Crippen LogP contribution is -2.30. The van der Waals surface area contributed by atoms with Crippen LogP contribution in [0.5, 0.6) is 5.75 Å². The van der Waals surface area contributed by atoms with E-state index >= 15 is 0 Å². The molecule has 7 heteroatoms. The van der Waals surface area contributed by atoms with Crippen molar-refractivity contribution in [1.82, 2.24) is 9.71 Å². The minimum absolute atomic E-state index is 0.0823. The standard InChI is InChI=1S/C8H13N3O3S/c1-2-5-10-15(13,14)11-8-7(12)4-3-6-9-8/h3-4,6,10,12H,2,5H2,1H3,(H,9,11). The third-order valence-electron chi connectivity index (χ3n) is 1.56. The maximum Gasteiger partial charge on any atom is 0.300 e. The Morgan fingerprint density at radius 2 is 2.27 bits per heavy atom. The number of pyridine rings is 1. The average Bonchev–Trinajstić information content (AvgIpc) is 2.18. The summed E-state index contributed by atoms with van der Waals surface area (Å²) in [4.78, 5) is 3.69. The molecule has 0 bridgehead atoms. The molecule has 0 fully saturated rings. The van der Waals surface area contributed by atoms with Crippen molar-refractivity contribution in [2.24, 2.45) is 0 Å². The maximum atomic E-state index is 11.3. The summed E-state index contributed by atoms with van der Waals surface area (Å²) >= 11 is 0. The molecule has 0 saturated carbocycles. The smallest absolute Gasteiger partial charge is 0.300 e. The Hall–Kier alpha value is -1.34. The fourth-order valence-electron chi connectivity index (χ4n) is 0.875. The minimum atomic E-state index is -3.64. The summed E-state index contributed by atoms with van der Waals surface area (Å²) in [6.45, 7) is 2.18.